The second-order valence-electron chi connectivity index (χ2n) is 9.80. The van der Waals surface area contributed by atoms with Gasteiger partial charge in [-0.15, -0.1) is 11.3 Å². The molecule has 1 amide bonds. The molecule has 42 heavy (non-hydrogen) atoms. The third kappa shape index (κ3) is 7.54. The van der Waals surface area contributed by atoms with Gasteiger partial charge in [0.25, 0.3) is 0 Å². The number of carbonyl (C=O) groups excluding carboxylic acids is 1. The number of thiazole rings is 1. The van der Waals surface area contributed by atoms with Crippen molar-refractivity contribution in [1.82, 2.24) is 19.9 Å². The first-order chi connectivity index (χ1) is 20.5. The number of likely N-dealkylation sites (N-methyl/N-ethyl adjacent to an activating group) is 1. The number of rotatable bonds is 11. The highest BCUT2D eigenvalue weighted by molar-refractivity contribution is 7.18. The van der Waals surface area contributed by atoms with Gasteiger partial charge in [0.05, 0.1) is 22.0 Å². The maximum atomic E-state index is 12.2. The largest absolute Gasteiger partial charge is 0.381 e. The maximum absolute atomic E-state index is 12.2. The molecule has 0 saturated carbocycles. The van der Waals surface area contributed by atoms with Crippen LogP contribution >= 0.6 is 11.3 Å². The van der Waals surface area contributed by atoms with Crippen LogP contribution in [0.4, 0.5) is 23.0 Å². The van der Waals surface area contributed by atoms with Gasteiger partial charge in [0, 0.05) is 42.4 Å². The van der Waals surface area contributed by atoms with E-state index in [1.165, 1.54) is 11.3 Å². The molecule has 2 heterocycles. The summed E-state index contributed by atoms with van der Waals surface area (Å²) in [5, 5.41) is 20.2. The highest BCUT2D eigenvalue weighted by Gasteiger charge is 2.20. The molecule has 3 aromatic carbocycles. The molecule has 5 aromatic rings. The van der Waals surface area contributed by atoms with Crippen molar-refractivity contribution in [2.45, 2.75) is 12.5 Å². The van der Waals surface area contributed by atoms with Crippen molar-refractivity contribution in [2.75, 3.05) is 36.6 Å². The summed E-state index contributed by atoms with van der Waals surface area (Å²) in [6.45, 7) is 1.30. The smallest absolute Gasteiger partial charge is 0.248 e. The van der Waals surface area contributed by atoms with Crippen LogP contribution < -0.4 is 16.0 Å². The summed E-state index contributed by atoms with van der Waals surface area (Å²) in [6, 6.07) is 27.5. The lowest BCUT2D eigenvalue weighted by atomic mass is 10.1. The Hall–Kier alpha value is -5.11. The van der Waals surface area contributed by atoms with Crippen molar-refractivity contribution in [3.63, 3.8) is 0 Å². The van der Waals surface area contributed by atoms with Gasteiger partial charge < -0.3 is 20.9 Å². The van der Waals surface area contributed by atoms with E-state index in [0.717, 1.165) is 32.8 Å². The Labute approximate surface area is 248 Å². The minimum absolute atomic E-state index is 0.153. The molecule has 3 N–H and O–H groups in total. The monoisotopic (exact) mass is 574 g/mol. The van der Waals surface area contributed by atoms with Crippen molar-refractivity contribution in [3.05, 3.63) is 113 Å². The first-order valence-electron chi connectivity index (χ1n) is 13.4. The normalized spacial score (nSPS) is 11.9. The van der Waals surface area contributed by atoms with Crippen LogP contribution in [0.15, 0.2) is 97.2 Å². The molecule has 0 aliphatic carbocycles. The maximum Gasteiger partial charge on any atom is 0.248 e. The zero-order valence-corrected chi connectivity index (χ0v) is 24.1. The molecule has 0 radical (unpaired) electrons. The Balaban J connectivity index is 1.18. The highest BCUT2D eigenvalue weighted by atomic mass is 32.1. The van der Waals surface area contributed by atoms with Crippen LogP contribution in [0.25, 0.3) is 10.2 Å². The van der Waals surface area contributed by atoms with E-state index in [4.69, 9.17) is 0 Å². The van der Waals surface area contributed by atoms with E-state index < -0.39 is 5.92 Å². The third-order valence-corrected chi connectivity index (χ3v) is 7.33. The summed E-state index contributed by atoms with van der Waals surface area (Å²) in [6.07, 6.45) is 5.02. The van der Waals surface area contributed by atoms with Crippen molar-refractivity contribution < 1.29 is 4.79 Å². The van der Waals surface area contributed by atoms with Crippen molar-refractivity contribution in [3.8, 4) is 6.07 Å². The van der Waals surface area contributed by atoms with Crippen molar-refractivity contribution in [1.29, 1.82) is 5.26 Å². The molecular formula is C32H30N8OS. The first-order valence-corrected chi connectivity index (χ1v) is 14.2. The van der Waals surface area contributed by atoms with E-state index in [1.807, 2.05) is 97.9 Å². The molecule has 2 aromatic heterocycles. The molecule has 5 rings (SSSR count). The van der Waals surface area contributed by atoms with Crippen LogP contribution in [0.1, 0.15) is 22.2 Å². The second-order valence-corrected chi connectivity index (χ2v) is 10.9. The SMILES string of the molecule is CN(C)CC=CC(=O)Nc1cccc(CNc2ccc(Nc3nccc(C(C#N)c4nc5ccccc5s4)n3)cc2)c1. The summed E-state index contributed by atoms with van der Waals surface area (Å²) in [5.41, 5.74) is 5.02. The van der Waals surface area contributed by atoms with Gasteiger partial charge in [-0.1, -0.05) is 30.3 Å². The number of nitrogens with one attached hydrogen (secondary N) is 3. The fourth-order valence-corrected chi connectivity index (χ4v) is 5.20. The number of amides is 1. The minimum atomic E-state index is -0.580. The number of nitriles is 1. The van der Waals surface area contributed by atoms with Gasteiger partial charge in [-0.05, 0) is 74.3 Å². The number of aromatic nitrogens is 3. The molecule has 1 unspecified atom stereocenters. The fraction of sp³-hybridized carbons (Fsp3) is 0.156. The lowest BCUT2D eigenvalue weighted by Gasteiger charge is -2.11. The third-order valence-electron chi connectivity index (χ3n) is 6.23. The van der Waals surface area contributed by atoms with E-state index in [-0.39, 0.29) is 5.91 Å². The summed E-state index contributed by atoms with van der Waals surface area (Å²) in [5.74, 6) is -0.326. The molecular weight excluding hydrogens is 544 g/mol. The number of anilines is 4. The summed E-state index contributed by atoms with van der Waals surface area (Å²) < 4.78 is 1.04. The highest BCUT2D eigenvalue weighted by Crippen LogP contribution is 2.31. The van der Waals surface area contributed by atoms with Crippen molar-refractivity contribution >= 4 is 50.5 Å². The molecule has 10 heteroatoms. The van der Waals surface area contributed by atoms with Gasteiger partial charge in [0.1, 0.15) is 10.9 Å². The van der Waals surface area contributed by atoms with Crippen molar-refractivity contribution in [2.24, 2.45) is 0 Å². The lowest BCUT2D eigenvalue weighted by Crippen LogP contribution is -2.13. The predicted octanol–water partition coefficient (Wildman–Crippen LogP) is 6.15. The van der Waals surface area contributed by atoms with Crippen LogP contribution in [0.3, 0.4) is 0 Å². The van der Waals surface area contributed by atoms with Gasteiger partial charge in [-0.2, -0.15) is 5.26 Å². The molecule has 0 saturated heterocycles. The van der Waals surface area contributed by atoms with Crippen LogP contribution in [0.5, 0.6) is 0 Å². The number of benzene rings is 3. The Bertz CT molecular complexity index is 1710. The lowest BCUT2D eigenvalue weighted by molar-refractivity contribution is -0.111. The molecule has 0 aliphatic heterocycles. The summed E-state index contributed by atoms with van der Waals surface area (Å²) in [4.78, 5) is 27.7. The molecule has 0 aliphatic rings. The number of carbonyl (C=O) groups is 1. The number of para-hydroxylation sites is 1. The quantitative estimate of drug-likeness (QED) is 0.161. The van der Waals surface area contributed by atoms with Gasteiger partial charge in [0.15, 0.2) is 0 Å². The van der Waals surface area contributed by atoms with Gasteiger partial charge in [0.2, 0.25) is 11.9 Å². The van der Waals surface area contributed by atoms with Gasteiger partial charge in [-0.25, -0.2) is 15.0 Å². The average molecular weight is 575 g/mol. The van der Waals surface area contributed by atoms with Gasteiger partial charge in [-0.3, -0.25) is 4.79 Å². The standard InChI is InChI=1S/C32H30N8OS/c1-40(2)18-6-11-30(41)36-25-8-5-7-22(19-25)21-35-23-12-14-24(15-13-23)37-32-34-17-16-27(39-32)26(20-33)31-38-28-9-3-4-10-29(28)42-31/h3-17,19,26,35H,18,21H2,1-2H3,(H,36,41)(H,34,37,39). The Morgan fingerprint density at radius 2 is 1.81 bits per heavy atom. The molecule has 0 fully saturated rings. The van der Waals surface area contributed by atoms with Crippen LogP contribution in [0.2, 0.25) is 0 Å². The van der Waals surface area contributed by atoms with E-state index in [1.54, 1.807) is 18.3 Å². The predicted molar refractivity (Wildman–Crippen MR) is 169 cm³/mol. The number of hydrogen-bond acceptors (Lipinski definition) is 9. The Morgan fingerprint density at radius 3 is 2.60 bits per heavy atom. The molecule has 0 spiro atoms. The molecule has 210 valence electrons. The van der Waals surface area contributed by atoms with Crippen LogP contribution in [0, 0.1) is 11.3 Å². The number of hydrogen-bond donors (Lipinski definition) is 3. The Morgan fingerprint density at radius 1 is 1.00 bits per heavy atom. The number of nitrogens with zero attached hydrogens (tertiary/aromatic N) is 5. The fourth-order valence-electron chi connectivity index (χ4n) is 4.17. The zero-order chi connectivity index (χ0) is 29.3. The molecule has 1 atom stereocenters. The van der Waals surface area contributed by atoms with E-state index in [2.05, 4.69) is 37.0 Å². The zero-order valence-electron chi connectivity index (χ0n) is 23.3. The first kappa shape index (κ1) is 28.4. The minimum Gasteiger partial charge on any atom is -0.381 e. The van der Waals surface area contributed by atoms with E-state index in [9.17, 15) is 10.1 Å². The van der Waals surface area contributed by atoms with Crippen LogP contribution in [-0.4, -0.2) is 46.4 Å². The van der Waals surface area contributed by atoms with Crippen LogP contribution in [-0.2, 0) is 11.3 Å². The molecule has 9 nitrogen and oxygen atoms in total. The number of fused-ring (bicyclic) bond motifs is 1. The second kappa shape index (κ2) is 13.5. The Kier molecular flexibility index (Phi) is 9.13. The van der Waals surface area contributed by atoms with E-state index >= 15 is 0 Å². The topological polar surface area (TPSA) is 119 Å². The summed E-state index contributed by atoms with van der Waals surface area (Å²) >= 11 is 1.50. The van der Waals surface area contributed by atoms with E-state index in [0.29, 0.717) is 29.7 Å². The summed E-state index contributed by atoms with van der Waals surface area (Å²) in [7, 11) is 3.91. The van der Waals surface area contributed by atoms with Gasteiger partial charge >= 0.3 is 0 Å². The molecule has 0 bridgehead atoms. The average Bonchev–Trinajstić information content (AvgIpc) is 3.41.